The summed E-state index contributed by atoms with van der Waals surface area (Å²) in [4.78, 5) is 20.4. The summed E-state index contributed by atoms with van der Waals surface area (Å²) in [5, 5.41) is 12.5. The van der Waals surface area contributed by atoms with Crippen molar-refractivity contribution in [1.29, 1.82) is 0 Å². The second-order valence-electron chi connectivity index (χ2n) is 5.51. The summed E-state index contributed by atoms with van der Waals surface area (Å²) in [6.07, 6.45) is 0.689. The first-order valence-corrected chi connectivity index (χ1v) is 9.66. The Morgan fingerprint density at radius 3 is 2.68 bits per heavy atom. The summed E-state index contributed by atoms with van der Waals surface area (Å²) in [7, 11) is 0. The first kappa shape index (κ1) is 17.6. The monoisotopic (exact) mass is 373 g/mol. The molecule has 6 nitrogen and oxygen atoms in total. The Labute approximate surface area is 154 Å². The van der Waals surface area contributed by atoms with E-state index in [1.807, 2.05) is 51.1 Å². The topological polar surface area (TPSA) is 83.6 Å². The number of carbonyl (C=O) groups excluding carboxylic acids is 1. The molecule has 0 spiro atoms. The van der Waals surface area contributed by atoms with Crippen molar-refractivity contribution >= 4 is 34.1 Å². The van der Waals surface area contributed by atoms with E-state index in [1.54, 1.807) is 0 Å². The summed E-state index contributed by atoms with van der Waals surface area (Å²) >= 11 is 2.80. The molecule has 0 fully saturated rings. The van der Waals surface area contributed by atoms with Crippen molar-refractivity contribution in [3.63, 3.8) is 0 Å². The molecule has 3 aromatic rings. The lowest BCUT2D eigenvalue weighted by Crippen LogP contribution is -2.24. The molecule has 2 heterocycles. The Balaban J connectivity index is 1.72. The van der Waals surface area contributed by atoms with Gasteiger partial charge in [0, 0.05) is 11.3 Å². The summed E-state index contributed by atoms with van der Waals surface area (Å²) < 4.78 is 0. The number of hydrogen-bond donors (Lipinski definition) is 2. The van der Waals surface area contributed by atoms with Gasteiger partial charge in [0.05, 0.1) is 10.9 Å². The number of aromatic nitrogens is 4. The molecule has 0 aliphatic rings. The first-order valence-electron chi connectivity index (χ1n) is 7.96. The van der Waals surface area contributed by atoms with Gasteiger partial charge in [-0.15, -0.1) is 10.2 Å². The number of hydrogen-bond acceptors (Lipinski definition) is 6. The summed E-state index contributed by atoms with van der Waals surface area (Å²) in [6.45, 7) is 5.83. The number of rotatable bonds is 6. The quantitative estimate of drug-likeness (QED) is 0.637. The van der Waals surface area contributed by atoms with Crippen molar-refractivity contribution < 1.29 is 4.79 Å². The van der Waals surface area contributed by atoms with E-state index in [0.717, 1.165) is 27.1 Å². The van der Waals surface area contributed by atoms with Crippen LogP contribution in [0.1, 0.15) is 24.0 Å². The predicted molar refractivity (Wildman–Crippen MR) is 102 cm³/mol. The van der Waals surface area contributed by atoms with E-state index in [2.05, 4.69) is 25.5 Å². The van der Waals surface area contributed by atoms with Crippen molar-refractivity contribution in [1.82, 2.24) is 20.2 Å². The van der Waals surface area contributed by atoms with Crippen LogP contribution < -0.4 is 5.32 Å². The SMILES string of the molecule is CC[C@@H](Sc1nc(-c2ccccc2)c(C)[nH]1)C(=O)Nc1nnc(C)s1. The highest BCUT2D eigenvalue weighted by Crippen LogP contribution is 2.29. The second kappa shape index (κ2) is 7.79. The van der Waals surface area contributed by atoms with Crippen molar-refractivity contribution in [2.45, 2.75) is 37.6 Å². The second-order valence-corrected chi connectivity index (χ2v) is 7.88. The maximum Gasteiger partial charge on any atom is 0.239 e. The molecule has 1 amide bonds. The van der Waals surface area contributed by atoms with E-state index < -0.39 is 0 Å². The van der Waals surface area contributed by atoms with Gasteiger partial charge in [0.15, 0.2) is 5.16 Å². The van der Waals surface area contributed by atoms with Gasteiger partial charge in [0.2, 0.25) is 11.0 Å². The van der Waals surface area contributed by atoms with Crippen LogP contribution in [0.25, 0.3) is 11.3 Å². The molecule has 3 rings (SSSR count). The molecule has 130 valence electrons. The average Bonchev–Trinajstić information content (AvgIpc) is 3.18. The highest BCUT2D eigenvalue weighted by Gasteiger charge is 2.21. The molecule has 0 aliphatic heterocycles. The molecular weight excluding hydrogens is 354 g/mol. The average molecular weight is 374 g/mol. The molecule has 0 radical (unpaired) electrons. The molecule has 25 heavy (non-hydrogen) atoms. The molecule has 0 saturated heterocycles. The van der Waals surface area contributed by atoms with Gasteiger partial charge < -0.3 is 4.98 Å². The van der Waals surface area contributed by atoms with Gasteiger partial charge in [-0.3, -0.25) is 10.1 Å². The normalized spacial score (nSPS) is 12.1. The number of carbonyl (C=O) groups is 1. The molecule has 2 aromatic heterocycles. The minimum atomic E-state index is -0.252. The molecule has 0 bridgehead atoms. The molecule has 2 N–H and O–H groups in total. The van der Waals surface area contributed by atoms with Crippen LogP contribution in [0.4, 0.5) is 5.13 Å². The van der Waals surface area contributed by atoms with Crippen molar-refractivity contribution in [3.05, 3.63) is 41.0 Å². The van der Waals surface area contributed by atoms with Crippen LogP contribution in [-0.2, 0) is 4.79 Å². The third-order valence-corrected chi connectivity index (χ3v) is 5.59. The number of aryl methyl sites for hydroxylation is 2. The van der Waals surface area contributed by atoms with Gasteiger partial charge in [0.1, 0.15) is 5.01 Å². The third kappa shape index (κ3) is 4.26. The Bertz CT molecular complexity index is 859. The largest absolute Gasteiger partial charge is 0.336 e. The van der Waals surface area contributed by atoms with Crippen LogP contribution in [0.15, 0.2) is 35.5 Å². The fraction of sp³-hybridized carbons (Fsp3) is 0.294. The Morgan fingerprint density at radius 1 is 1.28 bits per heavy atom. The number of benzene rings is 1. The maximum absolute atomic E-state index is 12.5. The molecule has 0 saturated carbocycles. The standard InChI is InChI=1S/C17H19N5OS2/c1-4-13(15(23)20-17-22-21-11(3)24-17)25-16-18-10(2)14(19-16)12-8-6-5-7-9-12/h5-9,13H,4H2,1-3H3,(H,18,19)(H,20,22,23)/t13-/m1/s1. The van der Waals surface area contributed by atoms with E-state index in [4.69, 9.17) is 0 Å². The smallest absolute Gasteiger partial charge is 0.239 e. The lowest BCUT2D eigenvalue weighted by Gasteiger charge is -2.11. The number of aromatic amines is 1. The highest BCUT2D eigenvalue weighted by atomic mass is 32.2. The molecule has 1 atom stereocenters. The summed E-state index contributed by atoms with van der Waals surface area (Å²) in [5.74, 6) is -0.0843. The highest BCUT2D eigenvalue weighted by molar-refractivity contribution is 8.00. The maximum atomic E-state index is 12.5. The van der Waals surface area contributed by atoms with E-state index in [-0.39, 0.29) is 11.2 Å². The predicted octanol–water partition coefficient (Wildman–Crippen LogP) is 4.05. The van der Waals surface area contributed by atoms with E-state index >= 15 is 0 Å². The molecule has 0 aliphatic carbocycles. The van der Waals surface area contributed by atoms with Crippen LogP contribution in [0.2, 0.25) is 0 Å². The molecular formula is C17H19N5OS2. The zero-order valence-electron chi connectivity index (χ0n) is 14.2. The Morgan fingerprint density at radius 2 is 2.04 bits per heavy atom. The van der Waals surface area contributed by atoms with Gasteiger partial charge in [0.25, 0.3) is 0 Å². The summed E-state index contributed by atoms with van der Waals surface area (Å²) in [5.41, 5.74) is 2.96. The van der Waals surface area contributed by atoms with Gasteiger partial charge in [-0.05, 0) is 20.3 Å². The van der Waals surface area contributed by atoms with Gasteiger partial charge in [-0.25, -0.2) is 4.98 Å². The lowest BCUT2D eigenvalue weighted by atomic mass is 10.1. The number of amides is 1. The van der Waals surface area contributed by atoms with Gasteiger partial charge >= 0.3 is 0 Å². The number of thioether (sulfide) groups is 1. The number of H-pyrrole nitrogens is 1. The summed E-state index contributed by atoms with van der Waals surface area (Å²) in [6, 6.07) is 10.0. The lowest BCUT2D eigenvalue weighted by molar-refractivity contribution is -0.115. The minimum Gasteiger partial charge on any atom is -0.336 e. The number of nitrogens with zero attached hydrogens (tertiary/aromatic N) is 3. The number of anilines is 1. The molecule has 1 aromatic carbocycles. The van der Waals surface area contributed by atoms with E-state index in [9.17, 15) is 4.79 Å². The minimum absolute atomic E-state index is 0.0843. The fourth-order valence-corrected chi connectivity index (χ4v) is 3.91. The Hall–Kier alpha value is -2.19. The van der Waals surface area contributed by atoms with Crippen LogP contribution >= 0.6 is 23.1 Å². The zero-order valence-corrected chi connectivity index (χ0v) is 15.9. The number of imidazole rings is 1. The number of nitrogens with one attached hydrogen (secondary N) is 2. The molecule has 0 unspecified atom stereocenters. The Kier molecular flexibility index (Phi) is 5.50. The van der Waals surface area contributed by atoms with E-state index in [0.29, 0.717) is 11.6 Å². The van der Waals surface area contributed by atoms with Gasteiger partial charge in [-0.1, -0.05) is 60.4 Å². The van der Waals surface area contributed by atoms with Crippen LogP contribution in [-0.4, -0.2) is 31.3 Å². The van der Waals surface area contributed by atoms with Crippen molar-refractivity contribution in [2.24, 2.45) is 0 Å². The van der Waals surface area contributed by atoms with E-state index in [1.165, 1.54) is 23.1 Å². The first-order chi connectivity index (χ1) is 12.1. The van der Waals surface area contributed by atoms with Crippen LogP contribution in [0, 0.1) is 13.8 Å². The van der Waals surface area contributed by atoms with Crippen LogP contribution in [0.3, 0.4) is 0 Å². The fourth-order valence-electron chi connectivity index (χ4n) is 2.36. The van der Waals surface area contributed by atoms with Crippen LogP contribution in [0.5, 0.6) is 0 Å². The van der Waals surface area contributed by atoms with Crippen molar-refractivity contribution in [3.8, 4) is 11.3 Å². The molecule has 8 heteroatoms. The van der Waals surface area contributed by atoms with Crippen molar-refractivity contribution in [2.75, 3.05) is 5.32 Å². The zero-order chi connectivity index (χ0) is 17.8. The van der Waals surface area contributed by atoms with Gasteiger partial charge in [-0.2, -0.15) is 0 Å². The third-order valence-electron chi connectivity index (χ3n) is 3.58.